The van der Waals surface area contributed by atoms with Gasteiger partial charge in [0.2, 0.25) is 0 Å². The number of rotatable bonds is 4. The number of nitriles is 1. The van der Waals surface area contributed by atoms with Gasteiger partial charge in [0.15, 0.2) is 0 Å². The Hall–Kier alpha value is -1.62. The average Bonchev–Trinajstić information content (AvgIpc) is 2.36. The number of benzene rings is 1. The Morgan fingerprint density at radius 1 is 1.21 bits per heavy atom. The quantitative estimate of drug-likeness (QED) is 0.774. The molecule has 19 heavy (non-hydrogen) atoms. The van der Waals surface area contributed by atoms with Gasteiger partial charge in [-0.15, -0.1) is 0 Å². The summed E-state index contributed by atoms with van der Waals surface area (Å²) in [5, 5.41) is 36.4. The molecule has 0 aliphatic carbocycles. The molecule has 0 amide bonds. The van der Waals surface area contributed by atoms with E-state index in [9.17, 15) is 23.4 Å². The maximum atomic E-state index is 12.6. The van der Waals surface area contributed by atoms with Gasteiger partial charge < -0.3 is 15.3 Å². The summed E-state index contributed by atoms with van der Waals surface area (Å²) in [4.78, 5) is 0. The third kappa shape index (κ3) is 3.92. The Kier molecular flexibility index (Phi) is 4.89. The molecule has 1 aromatic rings. The molecule has 0 aromatic heterocycles. The molecule has 1 rings (SSSR count). The van der Waals surface area contributed by atoms with E-state index < -0.39 is 30.6 Å². The van der Waals surface area contributed by atoms with Crippen molar-refractivity contribution in [3.8, 4) is 6.07 Å². The first-order valence-corrected chi connectivity index (χ1v) is 5.39. The first-order chi connectivity index (χ1) is 8.79. The second-order valence-electron chi connectivity index (χ2n) is 3.98. The van der Waals surface area contributed by atoms with Gasteiger partial charge in [-0.1, -0.05) is 0 Å². The lowest BCUT2D eigenvalue weighted by molar-refractivity contribution is -0.137. The van der Waals surface area contributed by atoms with Crippen LogP contribution in [0.4, 0.5) is 13.2 Å². The van der Waals surface area contributed by atoms with Crippen molar-refractivity contribution in [3.05, 3.63) is 34.9 Å². The van der Waals surface area contributed by atoms with Crippen LogP contribution in [0.2, 0.25) is 0 Å². The highest BCUT2D eigenvalue weighted by Gasteiger charge is 2.32. The smallest absolute Gasteiger partial charge is 0.396 e. The van der Waals surface area contributed by atoms with Crippen molar-refractivity contribution in [2.45, 2.75) is 24.8 Å². The highest BCUT2D eigenvalue weighted by atomic mass is 19.4. The highest BCUT2D eigenvalue weighted by Crippen LogP contribution is 2.32. The Balaban J connectivity index is 3.18. The van der Waals surface area contributed by atoms with E-state index in [0.29, 0.717) is 12.1 Å². The van der Waals surface area contributed by atoms with Crippen molar-refractivity contribution in [2.75, 3.05) is 6.61 Å². The lowest BCUT2D eigenvalue weighted by atomic mass is 9.97. The second-order valence-corrected chi connectivity index (χ2v) is 3.98. The molecule has 2 atom stereocenters. The molecule has 0 aliphatic rings. The van der Waals surface area contributed by atoms with E-state index in [1.165, 1.54) is 0 Å². The van der Waals surface area contributed by atoms with E-state index >= 15 is 0 Å². The van der Waals surface area contributed by atoms with Crippen LogP contribution in [-0.4, -0.2) is 28.0 Å². The summed E-state index contributed by atoms with van der Waals surface area (Å²) in [6, 6.07) is 3.97. The van der Waals surface area contributed by atoms with Crippen molar-refractivity contribution in [1.82, 2.24) is 0 Å². The summed E-state index contributed by atoms with van der Waals surface area (Å²) in [6.07, 6.45) is -7.83. The number of aliphatic hydroxyl groups is 3. The number of halogens is 3. The Bertz CT molecular complexity index is 482. The molecule has 0 bridgehead atoms. The van der Waals surface area contributed by atoms with Gasteiger partial charge in [0.1, 0.15) is 6.10 Å². The fourth-order valence-corrected chi connectivity index (χ4v) is 1.56. The average molecular weight is 275 g/mol. The van der Waals surface area contributed by atoms with Gasteiger partial charge in [0, 0.05) is 6.61 Å². The molecule has 0 radical (unpaired) electrons. The fraction of sp³-hybridized carbons (Fsp3) is 0.417. The second kappa shape index (κ2) is 6.02. The summed E-state index contributed by atoms with van der Waals surface area (Å²) in [5.74, 6) is 0. The van der Waals surface area contributed by atoms with Crippen molar-refractivity contribution in [2.24, 2.45) is 0 Å². The molecule has 0 fully saturated rings. The van der Waals surface area contributed by atoms with Crippen molar-refractivity contribution in [1.29, 1.82) is 5.26 Å². The number of hydrogen-bond acceptors (Lipinski definition) is 4. The van der Waals surface area contributed by atoms with E-state index in [4.69, 9.17) is 10.4 Å². The van der Waals surface area contributed by atoms with Crippen LogP contribution in [0, 0.1) is 11.3 Å². The Morgan fingerprint density at radius 3 is 2.32 bits per heavy atom. The number of hydrogen-bond donors (Lipinski definition) is 3. The normalized spacial score (nSPS) is 14.8. The number of nitrogens with zero attached hydrogens (tertiary/aromatic N) is 1. The van der Waals surface area contributed by atoms with Crippen LogP contribution in [0.3, 0.4) is 0 Å². The van der Waals surface area contributed by atoms with E-state index in [1.807, 2.05) is 0 Å². The van der Waals surface area contributed by atoms with Gasteiger partial charge in [-0.25, -0.2) is 0 Å². The SMILES string of the molecule is N#Cc1cc(C(O)C(O)CCO)cc(C(F)(F)F)c1. The van der Waals surface area contributed by atoms with Crippen LogP contribution < -0.4 is 0 Å². The predicted molar refractivity (Wildman–Crippen MR) is 58.8 cm³/mol. The summed E-state index contributed by atoms with van der Waals surface area (Å²) >= 11 is 0. The monoisotopic (exact) mass is 275 g/mol. The first-order valence-electron chi connectivity index (χ1n) is 5.39. The van der Waals surface area contributed by atoms with Gasteiger partial charge in [0.05, 0.1) is 23.3 Å². The maximum Gasteiger partial charge on any atom is 0.416 e. The third-order valence-corrected chi connectivity index (χ3v) is 2.54. The van der Waals surface area contributed by atoms with Crippen molar-refractivity contribution >= 4 is 0 Å². The molecule has 3 N–H and O–H groups in total. The van der Waals surface area contributed by atoms with Crippen molar-refractivity contribution in [3.63, 3.8) is 0 Å². The molecule has 0 spiro atoms. The minimum atomic E-state index is -4.65. The zero-order valence-electron chi connectivity index (χ0n) is 9.72. The van der Waals surface area contributed by atoms with Crippen LogP contribution in [0.5, 0.6) is 0 Å². The zero-order chi connectivity index (χ0) is 14.6. The lowest BCUT2D eigenvalue weighted by Crippen LogP contribution is -2.20. The summed E-state index contributed by atoms with van der Waals surface area (Å²) in [7, 11) is 0. The maximum absolute atomic E-state index is 12.6. The standard InChI is InChI=1S/C12H12F3NO3/c13-12(14,15)9-4-7(6-16)3-8(5-9)11(19)10(18)1-2-17/h3-5,10-11,17-19H,1-2H2. The molecular weight excluding hydrogens is 263 g/mol. The Morgan fingerprint density at radius 2 is 1.84 bits per heavy atom. The first kappa shape index (κ1) is 15.4. The van der Waals surface area contributed by atoms with Crippen LogP contribution in [0.15, 0.2) is 18.2 Å². The molecule has 1 aromatic carbocycles. The number of aliphatic hydroxyl groups excluding tert-OH is 3. The summed E-state index contributed by atoms with van der Waals surface area (Å²) < 4.78 is 37.8. The molecule has 2 unspecified atom stereocenters. The molecule has 7 heteroatoms. The van der Waals surface area contributed by atoms with E-state index in [2.05, 4.69) is 0 Å². The van der Waals surface area contributed by atoms with Gasteiger partial charge in [-0.05, 0) is 30.2 Å². The van der Waals surface area contributed by atoms with Crippen LogP contribution in [0.1, 0.15) is 29.2 Å². The zero-order valence-corrected chi connectivity index (χ0v) is 9.72. The van der Waals surface area contributed by atoms with E-state index in [1.54, 1.807) is 6.07 Å². The summed E-state index contributed by atoms with van der Waals surface area (Å²) in [5.41, 5.74) is -1.55. The van der Waals surface area contributed by atoms with E-state index in [-0.39, 0.29) is 17.5 Å². The van der Waals surface area contributed by atoms with Gasteiger partial charge in [-0.3, -0.25) is 0 Å². The van der Waals surface area contributed by atoms with Gasteiger partial charge >= 0.3 is 6.18 Å². The van der Waals surface area contributed by atoms with Crippen molar-refractivity contribution < 1.29 is 28.5 Å². The molecule has 104 valence electrons. The van der Waals surface area contributed by atoms with Gasteiger partial charge in [-0.2, -0.15) is 18.4 Å². The minimum Gasteiger partial charge on any atom is -0.396 e. The van der Waals surface area contributed by atoms with Crippen LogP contribution >= 0.6 is 0 Å². The highest BCUT2D eigenvalue weighted by molar-refractivity contribution is 5.39. The largest absolute Gasteiger partial charge is 0.416 e. The van der Waals surface area contributed by atoms with E-state index in [0.717, 1.165) is 6.07 Å². The molecule has 0 aliphatic heterocycles. The predicted octanol–water partition coefficient (Wildman–Crippen LogP) is 1.35. The molecule has 0 saturated carbocycles. The molecule has 0 heterocycles. The topological polar surface area (TPSA) is 84.5 Å². The van der Waals surface area contributed by atoms with Crippen LogP contribution in [0.25, 0.3) is 0 Å². The Labute approximate surface area is 107 Å². The third-order valence-electron chi connectivity index (χ3n) is 2.54. The summed E-state index contributed by atoms with van der Waals surface area (Å²) in [6.45, 7) is -0.414. The lowest BCUT2D eigenvalue weighted by Gasteiger charge is -2.19. The molecular formula is C12H12F3NO3. The fourth-order valence-electron chi connectivity index (χ4n) is 1.56. The molecule has 0 saturated heterocycles. The van der Waals surface area contributed by atoms with Crippen LogP contribution in [-0.2, 0) is 6.18 Å². The number of alkyl halides is 3. The van der Waals surface area contributed by atoms with Gasteiger partial charge in [0.25, 0.3) is 0 Å². The minimum absolute atomic E-state index is 0.181. The molecule has 4 nitrogen and oxygen atoms in total.